The van der Waals surface area contributed by atoms with Gasteiger partial charge in [-0.05, 0) is 62.4 Å². The van der Waals surface area contributed by atoms with E-state index in [1.54, 1.807) is 14.0 Å². The molecule has 1 unspecified atom stereocenters. The van der Waals surface area contributed by atoms with Crippen molar-refractivity contribution in [2.45, 2.75) is 39.3 Å². The summed E-state index contributed by atoms with van der Waals surface area (Å²) in [6, 6.07) is 17.7. The molecule has 0 radical (unpaired) electrons. The summed E-state index contributed by atoms with van der Waals surface area (Å²) in [7, 11) is 1.65. The van der Waals surface area contributed by atoms with E-state index in [1.807, 2.05) is 59.5 Å². The zero-order chi connectivity index (χ0) is 20.4. The Morgan fingerprint density at radius 1 is 1.17 bits per heavy atom. The third kappa shape index (κ3) is 4.19. The molecule has 0 saturated heterocycles. The number of hydrogen-bond donors (Lipinski definition) is 0. The lowest BCUT2D eigenvalue weighted by molar-refractivity contribution is 0.0647. The second-order valence-electron chi connectivity index (χ2n) is 7.65. The van der Waals surface area contributed by atoms with Crippen LogP contribution >= 0.6 is 0 Å². The van der Waals surface area contributed by atoms with Crippen LogP contribution in [0.3, 0.4) is 0 Å². The predicted molar refractivity (Wildman–Crippen MR) is 112 cm³/mol. The van der Waals surface area contributed by atoms with E-state index in [4.69, 9.17) is 9.15 Å². The predicted octanol–water partition coefficient (Wildman–Crippen LogP) is 5.10. The van der Waals surface area contributed by atoms with Gasteiger partial charge in [-0.1, -0.05) is 30.3 Å². The summed E-state index contributed by atoms with van der Waals surface area (Å²) in [6.45, 7) is 4.47. The molecule has 4 rings (SSSR count). The minimum atomic E-state index is -0.0800. The number of rotatable bonds is 7. The second-order valence-corrected chi connectivity index (χ2v) is 7.65. The molecule has 2 aromatic carbocycles. The highest BCUT2D eigenvalue weighted by atomic mass is 16.5. The fraction of sp³-hybridized carbons (Fsp3) is 0.333. The first-order valence-corrected chi connectivity index (χ1v) is 10.0. The standard InChI is InChI=1S/C24H26N2O3/c1-16(19-11-12-19)26(15-18-9-13-21(28-3)14-10-18)24(27)22-17(2)29-23(25-22)20-7-5-4-6-8-20/h4-10,13-14,16,19H,11-12,15H2,1-3H3. The minimum Gasteiger partial charge on any atom is -0.497 e. The Kier molecular flexibility index (Phi) is 5.38. The van der Waals surface area contributed by atoms with Gasteiger partial charge in [-0.25, -0.2) is 4.98 Å². The van der Waals surface area contributed by atoms with Crippen LogP contribution in [0, 0.1) is 12.8 Å². The Balaban J connectivity index is 1.62. The molecular formula is C24H26N2O3. The molecule has 1 aliphatic carbocycles. The van der Waals surface area contributed by atoms with Gasteiger partial charge < -0.3 is 14.1 Å². The van der Waals surface area contributed by atoms with E-state index >= 15 is 0 Å². The normalized spacial score (nSPS) is 14.4. The third-order valence-electron chi connectivity index (χ3n) is 5.59. The highest BCUT2D eigenvalue weighted by Crippen LogP contribution is 2.36. The molecule has 1 saturated carbocycles. The number of benzene rings is 2. The first-order valence-electron chi connectivity index (χ1n) is 10.0. The number of ether oxygens (including phenoxy) is 1. The summed E-state index contributed by atoms with van der Waals surface area (Å²) in [5.74, 6) is 2.31. The van der Waals surface area contributed by atoms with Crippen LogP contribution in [0.25, 0.3) is 11.5 Å². The molecule has 1 atom stereocenters. The monoisotopic (exact) mass is 390 g/mol. The summed E-state index contributed by atoms with van der Waals surface area (Å²) < 4.78 is 11.1. The average molecular weight is 390 g/mol. The highest BCUT2D eigenvalue weighted by molar-refractivity contribution is 5.94. The van der Waals surface area contributed by atoms with Crippen molar-refractivity contribution in [3.8, 4) is 17.2 Å². The molecular weight excluding hydrogens is 364 g/mol. The fourth-order valence-corrected chi connectivity index (χ4v) is 3.60. The third-order valence-corrected chi connectivity index (χ3v) is 5.59. The van der Waals surface area contributed by atoms with Crippen molar-refractivity contribution in [1.82, 2.24) is 9.88 Å². The number of oxazole rings is 1. The maximum absolute atomic E-state index is 13.5. The molecule has 1 amide bonds. The number of aromatic nitrogens is 1. The summed E-state index contributed by atoms with van der Waals surface area (Å²) in [6.07, 6.45) is 2.33. The van der Waals surface area contributed by atoms with Gasteiger partial charge in [0.05, 0.1) is 7.11 Å². The first-order chi connectivity index (χ1) is 14.1. The molecule has 5 nitrogen and oxygen atoms in total. The number of carbonyl (C=O) groups excluding carboxylic acids is 1. The maximum atomic E-state index is 13.5. The Morgan fingerprint density at radius 2 is 1.86 bits per heavy atom. The molecule has 0 N–H and O–H groups in total. The van der Waals surface area contributed by atoms with Crippen molar-refractivity contribution in [3.05, 3.63) is 71.6 Å². The van der Waals surface area contributed by atoms with Crippen molar-refractivity contribution in [2.75, 3.05) is 7.11 Å². The zero-order valence-corrected chi connectivity index (χ0v) is 17.1. The van der Waals surface area contributed by atoms with Crippen molar-refractivity contribution in [2.24, 2.45) is 5.92 Å². The summed E-state index contributed by atoms with van der Waals surface area (Å²) >= 11 is 0. The smallest absolute Gasteiger partial charge is 0.276 e. The minimum absolute atomic E-state index is 0.0800. The van der Waals surface area contributed by atoms with E-state index in [0.717, 1.165) is 16.9 Å². The van der Waals surface area contributed by atoms with Crippen LogP contribution in [0.15, 0.2) is 59.0 Å². The highest BCUT2D eigenvalue weighted by Gasteiger charge is 2.36. The van der Waals surface area contributed by atoms with E-state index in [9.17, 15) is 4.79 Å². The Hall–Kier alpha value is -3.08. The first kappa shape index (κ1) is 19.2. The van der Waals surface area contributed by atoms with E-state index in [2.05, 4.69) is 11.9 Å². The molecule has 1 aliphatic rings. The van der Waals surface area contributed by atoms with Gasteiger partial charge in [0.2, 0.25) is 5.89 Å². The van der Waals surface area contributed by atoms with Crippen LogP contribution in [0.1, 0.15) is 41.6 Å². The zero-order valence-electron chi connectivity index (χ0n) is 17.1. The van der Waals surface area contributed by atoms with Crippen LogP contribution in [-0.2, 0) is 6.54 Å². The van der Waals surface area contributed by atoms with Crippen LogP contribution < -0.4 is 4.74 Å². The van der Waals surface area contributed by atoms with Gasteiger partial charge in [-0.2, -0.15) is 0 Å². The van der Waals surface area contributed by atoms with Gasteiger partial charge in [0.15, 0.2) is 5.69 Å². The van der Waals surface area contributed by atoms with Gasteiger partial charge in [0, 0.05) is 18.2 Å². The SMILES string of the molecule is COc1ccc(CN(C(=O)c2nc(-c3ccccc3)oc2C)C(C)C2CC2)cc1. The van der Waals surface area contributed by atoms with E-state index < -0.39 is 0 Å². The lowest BCUT2D eigenvalue weighted by Gasteiger charge is -2.29. The van der Waals surface area contributed by atoms with Gasteiger partial charge in [0.25, 0.3) is 5.91 Å². The molecule has 0 aliphatic heterocycles. The Morgan fingerprint density at radius 3 is 2.48 bits per heavy atom. The number of nitrogens with zero attached hydrogens (tertiary/aromatic N) is 2. The lowest BCUT2D eigenvalue weighted by Crippen LogP contribution is -2.39. The molecule has 1 heterocycles. The van der Waals surface area contributed by atoms with Crippen molar-refractivity contribution in [1.29, 1.82) is 0 Å². The number of amides is 1. The molecule has 5 heteroatoms. The van der Waals surface area contributed by atoms with E-state index in [1.165, 1.54) is 12.8 Å². The Bertz CT molecular complexity index is 975. The molecule has 3 aromatic rings. The van der Waals surface area contributed by atoms with Gasteiger partial charge in [-0.3, -0.25) is 4.79 Å². The number of methoxy groups -OCH3 is 1. The summed E-state index contributed by atoms with van der Waals surface area (Å²) in [5.41, 5.74) is 2.33. The van der Waals surface area contributed by atoms with Crippen LogP contribution in [-0.4, -0.2) is 28.9 Å². The molecule has 29 heavy (non-hydrogen) atoms. The molecule has 150 valence electrons. The molecule has 0 bridgehead atoms. The topological polar surface area (TPSA) is 55.6 Å². The van der Waals surface area contributed by atoms with E-state index in [0.29, 0.717) is 29.8 Å². The average Bonchev–Trinajstić information content (AvgIpc) is 3.54. The molecule has 0 spiro atoms. The number of carbonyl (C=O) groups is 1. The van der Waals surface area contributed by atoms with Crippen molar-refractivity contribution >= 4 is 5.91 Å². The van der Waals surface area contributed by atoms with Gasteiger partial charge >= 0.3 is 0 Å². The lowest BCUT2D eigenvalue weighted by atomic mass is 10.1. The summed E-state index contributed by atoms with van der Waals surface area (Å²) in [4.78, 5) is 20.0. The van der Waals surface area contributed by atoms with E-state index in [-0.39, 0.29) is 11.9 Å². The Labute approximate surface area is 171 Å². The van der Waals surface area contributed by atoms with Gasteiger partial charge in [0.1, 0.15) is 11.5 Å². The van der Waals surface area contributed by atoms with Crippen molar-refractivity contribution in [3.63, 3.8) is 0 Å². The van der Waals surface area contributed by atoms with Crippen LogP contribution in [0.4, 0.5) is 0 Å². The van der Waals surface area contributed by atoms with Gasteiger partial charge in [-0.15, -0.1) is 0 Å². The number of aryl methyl sites for hydroxylation is 1. The molecule has 1 aromatic heterocycles. The summed E-state index contributed by atoms with van der Waals surface area (Å²) in [5, 5.41) is 0. The molecule has 1 fully saturated rings. The maximum Gasteiger partial charge on any atom is 0.276 e. The van der Waals surface area contributed by atoms with Crippen LogP contribution in [0.5, 0.6) is 5.75 Å². The fourth-order valence-electron chi connectivity index (χ4n) is 3.60. The largest absolute Gasteiger partial charge is 0.497 e. The quantitative estimate of drug-likeness (QED) is 0.563. The number of hydrogen-bond acceptors (Lipinski definition) is 4. The van der Waals surface area contributed by atoms with Crippen molar-refractivity contribution < 1.29 is 13.9 Å². The van der Waals surface area contributed by atoms with Crippen LogP contribution in [0.2, 0.25) is 0 Å². The second kappa shape index (κ2) is 8.11.